The molecule has 2 atom stereocenters. The lowest BCUT2D eigenvalue weighted by Crippen LogP contribution is -2.08. The SMILES string of the molecule is CCC/C=C(/N)c1nn(SF)c2c1CC1CC1C2. The van der Waals surface area contributed by atoms with Gasteiger partial charge in [0, 0.05) is 5.56 Å². The van der Waals surface area contributed by atoms with Crippen LogP contribution in [0.1, 0.15) is 43.1 Å². The summed E-state index contributed by atoms with van der Waals surface area (Å²) in [6, 6.07) is 0. The number of aromatic nitrogens is 2. The molecule has 0 saturated heterocycles. The van der Waals surface area contributed by atoms with Gasteiger partial charge in [0.05, 0.1) is 11.4 Å². The Hall–Kier alpha value is -0.970. The standard InChI is InChI=1S/C13H18FN3S/c1-2-3-4-11(15)13-10-6-8-5-9(8)7-12(10)17(16-13)18-14/h4,8-9H,2-3,5-7,15H2,1H3/b11-4+. The zero-order chi connectivity index (χ0) is 12.7. The van der Waals surface area contributed by atoms with Crippen LogP contribution < -0.4 is 5.73 Å². The Morgan fingerprint density at radius 1 is 1.56 bits per heavy atom. The van der Waals surface area contributed by atoms with E-state index >= 15 is 0 Å². The maximum atomic E-state index is 12.9. The Morgan fingerprint density at radius 3 is 3.06 bits per heavy atom. The van der Waals surface area contributed by atoms with Crippen molar-refractivity contribution in [1.82, 2.24) is 9.19 Å². The van der Waals surface area contributed by atoms with Gasteiger partial charge in [0.2, 0.25) is 0 Å². The zero-order valence-corrected chi connectivity index (χ0v) is 11.3. The van der Waals surface area contributed by atoms with Crippen LogP contribution in [0.5, 0.6) is 0 Å². The van der Waals surface area contributed by atoms with E-state index in [2.05, 4.69) is 12.0 Å². The molecule has 1 saturated carbocycles. The van der Waals surface area contributed by atoms with Crippen molar-refractivity contribution in [3.05, 3.63) is 23.0 Å². The van der Waals surface area contributed by atoms with Crippen molar-refractivity contribution >= 4 is 18.0 Å². The summed E-state index contributed by atoms with van der Waals surface area (Å²) >= 11 is 0.189. The molecular formula is C13H18FN3S. The Morgan fingerprint density at radius 2 is 2.33 bits per heavy atom. The minimum atomic E-state index is 0.189. The Kier molecular flexibility index (Phi) is 3.09. The molecule has 0 spiro atoms. The molecule has 5 heteroatoms. The lowest BCUT2D eigenvalue weighted by molar-refractivity contribution is 0.631. The average Bonchev–Trinajstić information content (AvgIpc) is 3.05. The van der Waals surface area contributed by atoms with Crippen LogP contribution in [-0.4, -0.2) is 9.19 Å². The molecule has 0 aliphatic heterocycles. The average molecular weight is 267 g/mol. The van der Waals surface area contributed by atoms with Gasteiger partial charge >= 0.3 is 0 Å². The topological polar surface area (TPSA) is 43.8 Å². The van der Waals surface area contributed by atoms with Gasteiger partial charge in [-0.15, -0.1) is 3.89 Å². The molecule has 0 radical (unpaired) electrons. The van der Waals surface area contributed by atoms with Gasteiger partial charge in [0.15, 0.2) is 12.3 Å². The number of hydrogen-bond donors (Lipinski definition) is 1. The van der Waals surface area contributed by atoms with E-state index in [0.29, 0.717) is 5.70 Å². The first kappa shape index (κ1) is 12.1. The summed E-state index contributed by atoms with van der Waals surface area (Å²) in [6.07, 6.45) is 7.29. The highest BCUT2D eigenvalue weighted by molar-refractivity contribution is 7.92. The predicted molar refractivity (Wildman–Crippen MR) is 72.4 cm³/mol. The largest absolute Gasteiger partial charge is 0.397 e. The molecule has 18 heavy (non-hydrogen) atoms. The highest BCUT2D eigenvalue weighted by Gasteiger charge is 2.44. The quantitative estimate of drug-likeness (QED) is 0.911. The molecule has 2 unspecified atom stereocenters. The third kappa shape index (κ3) is 1.94. The van der Waals surface area contributed by atoms with Crippen molar-refractivity contribution in [2.45, 2.75) is 39.0 Å². The molecule has 3 rings (SSSR count). The van der Waals surface area contributed by atoms with Crippen molar-refractivity contribution in [3.63, 3.8) is 0 Å². The smallest absolute Gasteiger partial charge is 0.187 e. The van der Waals surface area contributed by atoms with Gasteiger partial charge in [-0.3, -0.25) is 0 Å². The van der Waals surface area contributed by atoms with Gasteiger partial charge < -0.3 is 5.73 Å². The van der Waals surface area contributed by atoms with Crippen LogP contribution in [-0.2, 0) is 12.8 Å². The fourth-order valence-electron chi connectivity index (χ4n) is 2.89. The van der Waals surface area contributed by atoms with Crippen LogP contribution >= 0.6 is 12.3 Å². The highest BCUT2D eigenvalue weighted by Crippen LogP contribution is 2.49. The summed E-state index contributed by atoms with van der Waals surface area (Å²) in [7, 11) is 0. The number of rotatable bonds is 4. The highest BCUT2D eigenvalue weighted by atomic mass is 32.2. The van der Waals surface area contributed by atoms with Gasteiger partial charge in [-0.2, -0.15) is 9.19 Å². The summed E-state index contributed by atoms with van der Waals surface area (Å²) in [5, 5.41) is 4.33. The van der Waals surface area contributed by atoms with E-state index in [1.165, 1.54) is 16.1 Å². The second-order valence-corrected chi connectivity index (χ2v) is 5.81. The molecule has 1 heterocycles. The van der Waals surface area contributed by atoms with Gasteiger partial charge in [0.1, 0.15) is 5.69 Å². The van der Waals surface area contributed by atoms with E-state index < -0.39 is 0 Å². The van der Waals surface area contributed by atoms with E-state index in [-0.39, 0.29) is 12.3 Å². The lowest BCUT2D eigenvalue weighted by atomic mass is 9.95. The summed E-state index contributed by atoms with van der Waals surface area (Å²) in [5.74, 6) is 1.55. The number of nitrogens with two attached hydrogens (primary N) is 1. The molecule has 0 bridgehead atoms. The molecule has 3 nitrogen and oxygen atoms in total. The normalized spacial score (nSPS) is 25.8. The molecule has 1 aromatic heterocycles. The van der Waals surface area contributed by atoms with Crippen molar-refractivity contribution in [2.75, 3.05) is 0 Å². The zero-order valence-electron chi connectivity index (χ0n) is 10.5. The summed E-state index contributed by atoms with van der Waals surface area (Å²) in [5.41, 5.74) is 9.84. The summed E-state index contributed by atoms with van der Waals surface area (Å²) in [4.78, 5) is 0. The second kappa shape index (κ2) is 4.61. The number of unbranched alkanes of at least 4 members (excludes halogenated alkanes) is 1. The van der Waals surface area contributed by atoms with Crippen molar-refractivity contribution in [2.24, 2.45) is 17.6 Å². The molecule has 98 valence electrons. The minimum absolute atomic E-state index is 0.189. The first-order valence-corrected chi connectivity index (χ1v) is 7.27. The fourth-order valence-corrected chi connectivity index (χ4v) is 3.27. The van der Waals surface area contributed by atoms with Crippen LogP contribution in [0.2, 0.25) is 0 Å². The summed E-state index contributed by atoms with van der Waals surface area (Å²) in [6.45, 7) is 2.12. The second-order valence-electron chi connectivity index (χ2n) is 5.33. The van der Waals surface area contributed by atoms with Gasteiger partial charge in [-0.05, 0) is 37.5 Å². The molecule has 2 aliphatic rings. The van der Waals surface area contributed by atoms with Crippen LogP contribution in [0.15, 0.2) is 6.08 Å². The van der Waals surface area contributed by atoms with Crippen LogP contribution in [0.25, 0.3) is 5.70 Å². The number of fused-ring (bicyclic) bond motifs is 2. The minimum Gasteiger partial charge on any atom is -0.397 e. The van der Waals surface area contributed by atoms with Crippen molar-refractivity contribution < 1.29 is 3.89 Å². The first-order valence-electron chi connectivity index (χ1n) is 6.60. The van der Waals surface area contributed by atoms with E-state index in [4.69, 9.17) is 5.73 Å². The molecule has 1 aromatic rings. The van der Waals surface area contributed by atoms with E-state index in [1.54, 1.807) is 0 Å². The molecule has 0 amide bonds. The van der Waals surface area contributed by atoms with Crippen LogP contribution in [0.4, 0.5) is 3.89 Å². The third-order valence-corrected chi connectivity index (χ3v) is 4.47. The number of halogens is 1. The Bertz CT molecular complexity index is 495. The van der Waals surface area contributed by atoms with Gasteiger partial charge in [0.25, 0.3) is 0 Å². The van der Waals surface area contributed by atoms with E-state index in [0.717, 1.165) is 48.9 Å². The summed E-state index contributed by atoms with van der Waals surface area (Å²) < 4.78 is 14.4. The first-order chi connectivity index (χ1) is 8.74. The molecule has 2 N–H and O–H groups in total. The number of allylic oxidation sites excluding steroid dienone is 1. The van der Waals surface area contributed by atoms with Crippen LogP contribution in [0.3, 0.4) is 0 Å². The Labute approximate surface area is 111 Å². The maximum Gasteiger partial charge on any atom is 0.187 e. The van der Waals surface area contributed by atoms with Gasteiger partial charge in [-0.25, -0.2) is 0 Å². The van der Waals surface area contributed by atoms with Crippen molar-refractivity contribution in [1.29, 1.82) is 0 Å². The monoisotopic (exact) mass is 267 g/mol. The van der Waals surface area contributed by atoms with Gasteiger partial charge in [-0.1, -0.05) is 19.4 Å². The number of hydrogen-bond acceptors (Lipinski definition) is 3. The van der Waals surface area contributed by atoms with E-state index in [9.17, 15) is 3.89 Å². The van der Waals surface area contributed by atoms with Crippen LogP contribution in [0, 0.1) is 11.8 Å². The fraction of sp³-hybridized carbons (Fsp3) is 0.615. The van der Waals surface area contributed by atoms with E-state index in [1.807, 2.05) is 6.08 Å². The van der Waals surface area contributed by atoms with Crippen molar-refractivity contribution in [3.8, 4) is 0 Å². The predicted octanol–water partition coefficient (Wildman–Crippen LogP) is 3.10. The maximum absolute atomic E-state index is 12.9. The lowest BCUT2D eigenvalue weighted by Gasteiger charge is -2.11. The molecule has 1 fully saturated rings. The third-order valence-electron chi connectivity index (χ3n) is 4.04. The molecule has 0 aromatic carbocycles. The number of nitrogens with zero attached hydrogens (tertiary/aromatic N) is 2. The molecular weight excluding hydrogens is 249 g/mol. The molecule has 2 aliphatic carbocycles. The Balaban J connectivity index is 1.97.